The molecule has 0 amide bonds. The van der Waals surface area contributed by atoms with Crippen molar-refractivity contribution in [1.82, 2.24) is 0 Å². The molecule has 162 valence electrons. The zero-order valence-electron chi connectivity index (χ0n) is 18.1. The Morgan fingerprint density at radius 1 is 0.704 bits per heavy atom. The van der Waals surface area contributed by atoms with E-state index >= 15 is 0 Å². The Balaban J connectivity index is 3.13. The minimum atomic E-state index is -3.07. The van der Waals surface area contributed by atoms with Gasteiger partial charge in [0.05, 0.1) is 6.61 Å². The Hall–Kier alpha value is -0.150. The highest BCUT2D eigenvalue weighted by Crippen LogP contribution is 2.48. The highest BCUT2D eigenvalue weighted by Gasteiger charge is 2.16. The topological polar surface area (TPSA) is 44.8 Å². The molecule has 0 unspecified atom stereocenters. The van der Waals surface area contributed by atoms with Gasteiger partial charge in [0, 0.05) is 26.1 Å². The molecule has 1 atom stereocenters. The van der Waals surface area contributed by atoms with Gasteiger partial charge in [-0.3, -0.25) is 4.57 Å². The van der Waals surface area contributed by atoms with Crippen LogP contribution in [0, 0.1) is 0 Å². The Morgan fingerprint density at radius 2 is 1.15 bits per heavy atom. The third-order valence-electron chi connectivity index (χ3n) is 4.82. The molecular formula is C22H45O4P. The summed E-state index contributed by atoms with van der Waals surface area (Å²) in [6.07, 6.45) is 19.9. The van der Waals surface area contributed by atoms with Crippen LogP contribution >= 0.6 is 7.60 Å². The van der Waals surface area contributed by atoms with Crippen LogP contribution in [0.3, 0.4) is 0 Å². The quantitative estimate of drug-likeness (QED) is 0.136. The summed E-state index contributed by atoms with van der Waals surface area (Å²) >= 11 is 0. The van der Waals surface area contributed by atoms with Gasteiger partial charge in [-0.25, -0.2) is 0 Å². The summed E-state index contributed by atoms with van der Waals surface area (Å²) in [5.41, 5.74) is 0. The van der Waals surface area contributed by atoms with Crippen molar-refractivity contribution in [3.8, 4) is 0 Å². The van der Waals surface area contributed by atoms with Crippen LogP contribution in [0.5, 0.6) is 0 Å². The molecule has 0 saturated heterocycles. The van der Waals surface area contributed by atoms with Crippen LogP contribution in [0.15, 0.2) is 12.4 Å². The van der Waals surface area contributed by atoms with Crippen molar-refractivity contribution in [2.45, 2.75) is 103 Å². The molecule has 4 nitrogen and oxygen atoms in total. The predicted octanol–water partition coefficient (Wildman–Crippen LogP) is 7.87. The summed E-state index contributed by atoms with van der Waals surface area (Å²) in [4.78, 5) is 0. The lowest BCUT2D eigenvalue weighted by atomic mass is 10.0. The van der Waals surface area contributed by atoms with Gasteiger partial charge in [-0.05, 0) is 12.8 Å². The molecule has 0 aromatic rings. The summed E-state index contributed by atoms with van der Waals surface area (Å²) in [5.74, 6) is 1.24. The van der Waals surface area contributed by atoms with E-state index in [0.29, 0.717) is 13.2 Å². The Kier molecular flexibility index (Phi) is 20.5. The van der Waals surface area contributed by atoms with E-state index in [4.69, 9.17) is 13.8 Å². The first-order valence-corrected chi connectivity index (χ1v) is 12.8. The van der Waals surface area contributed by atoms with Gasteiger partial charge in [0.2, 0.25) is 0 Å². The maximum atomic E-state index is 11.7. The van der Waals surface area contributed by atoms with E-state index in [2.05, 4.69) is 13.5 Å². The third kappa shape index (κ3) is 19.0. The third-order valence-corrected chi connectivity index (χ3v) is 6.32. The molecule has 0 aromatic heterocycles. The van der Waals surface area contributed by atoms with Gasteiger partial charge in [-0.1, -0.05) is 97.0 Å². The van der Waals surface area contributed by atoms with Gasteiger partial charge in [0.25, 0.3) is 0 Å². The monoisotopic (exact) mass is 404 g/mol. The van der Waals surface area contributed by atoms with E-state index in [1.807, 2.05) is 0 Å². The molecule has 0 radical (unpaired) electrons. The van der Waals surface area contributed by atoms with E-state index in [9.17, 15) is 4.57 Å². The molecule has 0 aliphatic heterocycles. The lowest BCUT2D eigenvalue weighted by Crippen LogP contribution is -2.01. The fraction of sp³-hybridized carbons (Fsp3) is 0.909. The SMILES string of the molecule is C=C[P@@](=O)(OC)OCCCOCCCCCCCCCCCCCCCC. The van der Waals surface area contributed by atoms with Crippen molar-refractivity contribution in [2.24, 2.45) is 0 Å². The second kappa shape index (κ2) is 20.6. The molecule has 0 N–H and O–H groups in total. The smallest absolute Gasteiger partial charge is 0.353 e. The minimum absolute atomic E-state index is 0.371. The van der Waals surface area contributed by atoms with Crippen LogP contribution in [0.4, 0.5) is 0 Å². The Labute approximate surface area is 169 Å². The molecule has 0 aliphatic rings. The maximum absolute atomic E-state index is 11.7. The van der Waals surface area contributed by atoms with E-state index in [1.54, 1.807) is 0 Å². The Morgan fingerprint density at radius 3 is 1.59 bits per heavy atom. The molecule has 0 spiro atoms. The van der Waals surface area contributed by atoms with Crippen LogP contribution < -0.4 is 0 Å². The average molecular weight is 405 g/mol. The highest BCUT2D eigenvalue weighted by molar-refractivity contribution is 7.57. The predicted molar refractivity (Wildman–Crippen MR) is 117 cm³/mol. The van der Waals surface area contributed by atoms with Gasteiger partial charge in [-0.15, -0.1) is 0 Å². The molecule has 0 aromatic carbocycles. The van der Waals surface area contributed by atoms with E-state index in [-0.39, 0.29) is 0 Å². The van der Waals surface area contributed by atoms with E-state index in [1.165, 1.54) is 96.4 Å². The summed E-state index contributed by atoms with van der Waals surface area (Å²) < 4.78 is 27.3. The van der Waals surface area contributed by atoms with E-state index < -0.39 is 7.60 Å². The molecule has 0 heterocycles. The van der Waals surface area contributed by atoms with Crippen molar-refractivity contribution < 1.29 is 18.3 Å². The molecular weight excluding hydrogens is 359 g/mol. The van der Waals surface area contributed by atoms with Gasteiger partial charge >= 0.3 is 7.60 Å². The summed E-state index contributed by atoms with van der Waals surface area (Å²) in [6.45, 7) is 7.55. The van der Waals surface area contributed by atoms with Gasteiger partial charge in [-0.2, -0.15) is 0 Å². The van der Waals surface area contributed by atoms with Gasteiger partial charge in [0.15, 0.2) is 0 Å². The lowest BCUT2D eigenvalue weighted by Gasteiger charge is -2.11. The summed E-state index contributed by atoms with van der Waals surface area (Å²) in [7, 11) is -1.70. The molecule has 0 rings (SSSR count). The fourth-order valence-electron chi connectivity index (χ4n) is 3.03. The molecule has 0 aliphatic carbocycles. The fourth-order valence-corrected chi connectivity index (χ4v) is 3.78. The van der Waals surface area contributed by atoms with Crippen LogP contribution in [0.25, 0.3) is 0 Å². The molecule has 0 bridgehead atoms. The van der Waals surface area contributed by atoms with Crippen LogP contribution in [-0.4, -0.2) is 26.9 Å². The zero-order valence-corrected chi connectivity index (χ0v) is 19.0. The van der Waals surface area contributed by atoms with Crippen LogP contribution in [0.1, 0.15) is 103 Å². The van der Waals surface area contributed by atoms with Crippen molar-refractivity contribution in [1.29, 1.82) is 0 Å². The number of hydrogen-bond acceptors (Lipinski definition) is 4. The van der Waals surface area contributed by atoms with Gasteiger partial charge < -0.3 is 13.8 Å². The standard InChI is InChI=1S/C22H45O4P/c1-4-6-7-8-9-10-11-12-13-14-15-16-17-18-20-25-21-19-22-26-27(23,5-2)24-3/h5H,2,4,6-22H2,1,3H3/t27-/m1/s1. The minimum Gasteiger partial charge on any atom is -0.381 e. The number of ether oxygens (including phenoxy) is 1. The summed E-state index contributed by atoms with van der Waals surface area (Å²) in [5, 5.41) is 0. The number of hydrogen-bond donors (Lipinski definition) is 0. The van der Waals surface area contributed by atoms with Crippen molar-refractivity contribution in [3.05, 3.63) is 12.4 Å². The second-order valence-corrected chi connectivity index (χ2v) is 9.37. The number of unbranched alkanes of at least 4 members (excludes halogenated alkanes) is 13. The summed E-state index contributed by atoms with van der Waals surface area (Å²) in [6, 6.07) is 0. The molecule has 0 fully saturated rings. The lowest BCUT2D eigenvalue weighted by molar-refractivity contribution is 0.113. The van der Waals surface area contributed by atoms with E-state index in [0.717, 1.165) is 19.4 Å². The molecule has 5 heteroatoms. The first-order chi connectivity index (χ1) is 13.2. The van der Waals surface area contributed by atoms with Crippen LogP contribution in [-0.2, 0) is 18.3 Å². The largest absolute Gasteiger partial charge is 0.381 e. The molecule has 27 heavy (non-hydrogen) atoms. The second-order valence-electron chi connectivity index (χ2n) is 7.30. The van der Waals surface area contributed by atoms with Crippen molar-refractivity contribution >= 4 is 7.60 Å². The van der Waals surface area contributed by atoms with Crippen LogP contribution in [0.2, 0.25) is 0 Å². The van der Waals surface area contributed by atoms with Gasteiger partial charge in [0.1, 0.15) is 0 Å². The average Bonchev–Trinajstić information content (AvgIpc) is 2.69. The highest BCUT2D eigenvalue weighted by atomic mass is 31.2. The van der Waals surface area contributed by atoms with Crippen molar-refractivity contribution in [2.75, 3.05) is 26.9 Å². The van der Waals surface area contributed by atoms with Crippen molar-refractivity contribution in [3.63, 3.8) is 0 Å². The maximum Gasteiger partial charge on any atom is 0.353 e. The first-order valence-electron chi connectivity index (χ1n) is 11.2. The Bertz CT molecular complexity index is 360. The normalized spacial score (nSPS) is 13.6. The first kappa shape index (κ1) is 26.9. The zero-order chi connectivity index (χ0) is 20.1. The number of rotatable bonds is 22. The molecule has 0 saturated carbocycles.